The number of hydrogen-bond acceptors (Lipinski definition) is 10. The fourth-order valence-electron chi connectivity index (χ4n) is 10.7. The number of amides is 2. The van der Waals surface area contributed by atoms with Crippen LogP contribution in [0.25, 0.3) is 22.3 Å². The van der Waals surface area contributed by atoms with Gasteiger partial charge < -0.3 is 28.7 Å². The summed E-state index contributed by atoms with van der Waals surface area (Å²) in [6.07, 6.45) is -7.16. The molecule has 0 radical (unpaired) electrons. The van der Waals surface area contributed by atoms with E-state index in [-0.39, 0.29) is 113 Å². The van der Waals surface area contributed by atoms with Gasteiger partial charge >= 0.3 is 12.4 Å². The number of carbonyl (C=O) groups excluding carboxylic acids is 2. The topological polar surface area (TPSA) is 117 Å². The van der Waals surface area contributed by atoms with Crippen molar-refractivity contribution in [2.24, 2.45) is 0 Å². The summed E-state index contributed by atoms with van der Waals surface area (Å²) in [6.45, 7) is -12.6. The van der Waals surface area contributed by atoms with Crippen molar-refractivity contribution in [3.05, 3.63) is 233 Å². The third-order valence-electron chi connectivity index (χ3n) is 15.8. The van der Waals surface area contributed by atoms with Crippen LogP contribution in [0.4, 0.5) is 35.1 Å². The minimum Gasteiger partial charge on any atom is -0.336 e. The fourth-order valence-corrected chi connectivity index (χ4v) is 12.6. The Morgan fingerprint density at radius 2 is 1.01 bits per heavy atom. The van der Waals surface area contributed by atoms with Gasteiger partial charge in [-0.2, -0.15) is 36.3 Å². The maximum Gasteiger partial charge on any atom is 0.416 e. The fraction of sp³-hybridized carbons (Fsp3) is 0.378. The van der Waals surface area contributed by atoms with Crippen LogP contribution in [0, 0.1) is 25.5 Å². The van der Waals surface area contributed by atoms with E-state index in [1.807, 2.05) is 18.7 Å². The third-order valence-corrected chi connectivity index (χ3v) is 17.9. The maximum absolute atomic E-state index is 14.9. The van der Waals surface area contributed by atoms with Crippen molar-refractivity contribution in [3.8, 4) is 22.3 Å². The summed E-state index contributed by atoms with van der Waals surface area (Å²) in [6, 6.07) is 14.7. The van der Waals surface area contributed by atoms with Crippen LogP contribution >= 0.6 is 23.5 Å². The van der Waals surface area contributed by atoms with Gasteiger partial charge in [-0.25, -0.2) is 8.78 Å². The summed E-state index contributed by atoms with van der Waals surface area (Å²) in [5.74, 6) is -3.27. The highest BCUT2D eigenvalue weighted by Crippen LogP contribution is 2.35. The number of benzene rings is 6. The Morgan fingerprint density at radius 3 is 1.48 bits per heavy atom. The molecule has 8 aromatic rings. The van der Waals surface area contributed by atoms with E-state index in [1.54, 1.807) is 12.1 Å². The highest BCUT2D eigenvalue weighted by Gasteiger charge is 2.32. The van der Waals surface area contributed by atoms with Crippen LogP contribution < -0.4 is 11.1 Å². The molecule has 96 heavy (non-hydrogen) atoms. The minimum absolute atomic E-state index is 0.000185. The highest BCUT2D eigenvalue weighted by atomic mass is 32.2. The van der Waals surface area contributed by atoms with Crippen LogP contribution in [0.15, 0.2) is 153 Å². The number of likely N-dealkylation sites (N-methyl/N-ethyl adjacent to an activating group) is 2. The number of fused-ring (bicyclic) bond motifs is 2. The molecule has 2 aliphatic carbocycles. The molecule has 2 aromatic heterocycles. The zero-order valence-corrected chi connectivity index (χ0v) is 54.8. The van der Waals surface area contributed by atoms with Gasteiger partial charge in [0.25, 0.3) is 11.1 Å². The van der Waals surface area contributed by atoms with Gasteiger partial charge in [0, 0.05) is 81.4 Å². The first-order chi connectivity index (χ1) is 52.8. The molecule has 2 heterocycles. The molecule has 0 aliphatic heterocycles. The van der Waals surface area contributed by atoms with Crippen LogP contribution in [-0.4, -0.2) is 103 Å². The Balaban J connectivity index is 0.000000264. The summed E-state index contributed by atoms with van der Waals surface area (Å²) >= 11 is 1.97. The molecule has 0 spiro atoms. The van der Waals surface area contributed by atoms with Crippen molar-refractivity contribution in [1.82, 2.24) is 38.7 Å². The Morgan fingerprint density at radius 1 is 0.552 bits per heavy atom. The van der Waals surface area contributed by atoms with Crippen molar-refractivity contribution in [2.75, 3.05) is 52.2 Å². The third kappa shape index (κ3) is 18.8. The summed E-state index contributed by atoms with van der Waals surface area (Å²) in [7, 11) is 0. The Bertz CT molecular complexity index is 4980. The van der Waals surface area contributed by atoms with E-state index in [2.05, 4.69) is 9.97 Å². The smallest absolute Gasteiger partial charge is 0.336 e. The number of nitrogens with zero attached hydrogens (tertiary/aromatic N) is 8. The van der Waals surface area contributed by atoms with Crippen molar-refractivity contribution >= 4 is 35.3 Å². The molecule has 0 N–H and O–H groups in total. The van der Waals surface area contributed by atoms with Crippen molar-refractivity contribution in [1.29, 1.82) is 0 Å². The number of carbonyl (C=O) groups is 2. The van der Waals surface area contributed by atoms with E-state index in [0.29, 0.717) is 93.7 Å². The van der Waals surface area contributed by atoms with E-state index >= 15 is 0 Å². The molecule has 0 saturated heterocycles. The molecular formula is C74H80F8N8O4S2. The zero-order chi connectivity index (χ0) is 84.8. The Kier molecular flexibility index (Phi) is 17.6. The molecule has 6 aromatic carbocycles. The van der Waals surface area contributed by atoms with Crippen LogP contribution in [0.2, 0.25) is 0 Å². The maximum atomic E-state index is 14.9. The Hall–Kier alpha value is -7.92. The molecule has 2 amide bonds. The normalized spacial score (nSPS) is 16.5. The van der Waals surface area contributed by atoms with Gasteiger partial charge in [0.2, 0.25) is 11.8 Å². The average molecular weight is 1380 g/mol. The number of hydrogen-bond donors (Lipinski definition) is 0. The summed E-state index contributed by atoms with van der Waals surface area (Å²) < 4.78 is 270. The highest BCUT2D eigenvalue weighted by molar-refractivity contribution is 7.98. The lowest BCUT2D eigenvalue weighted by Gasteiger charge is -2.28. The number of thioether (sulfide) groups is 2. The number of rotatable bonds is 26. The molecule has 10 rings (SSSR count). The Labute approximate surface area is 589 Å². The first-order valence-corrected chi connectivity index (χ1v) is 32.5. The van der Waals surface area contributed by atoms with Crippen LogP contribution in [-0.2, 0) is 85.2 Å². The quantitative estimate of drug-likeness (QED) is 0.0295. The molecule has 0 fully saturated rings. The number of alkyl halides is 6. The molecule has 0 atom stereocenters. The second-order valence-electron chi connectivity index (χ2n) is 22.2. The van der Waals surface area contributed by atoms with Crippen LogP contribution in [0.5, 0.6) is 0 Å². The number of halogens is 8. The molecule has 2 aliphatic rings. The SMILES string of the molecule is [2H]c1c([2H])c(-c2ccc(C(F)(F)F)cc2)c(C)c([2H])c1CN(CCN(CC)CC)C(=O)C([2H])([2H])n1c(SCc2ccc(F)cc2)nc(=O)c2c1CCC2.[2H]c1c([2H])c(C([2H])([2H])N(C(=O)Cn2c(SCc3ccc(F)cc3)nc(=O)c3c2CCC3)C([2H])([2H])C([2H])([2H])N(C([2H])([2H])C)C([2H])([2H])C)c([2H])c(C)c1-c1ccc(C(F)(F)F)cc1. The van der Waals surface area contributed by atoms with Gasteiger partial charge in [0.1, 0.15) is 24.7 Å². The summed E-state index contributed by atoms with van der Waals surface area (Å²) in [5.41, 5.74) is -1.83. The van der Waals surface area contributed by atoms with Gasteiger partial charge in [-0.05, 0) is 183 Å². The van der Waals surface area contributed by atoms with Gasteiger partial charge in [-0.15, -0.1) is 0 Å². The van der Waals surface area contributed by atoms with E-state index in [0.717, 1.165) is 47.8 Å². The molecule has 22 heteroatoms. The second kappa shape index (κ2) is 32.9. The summed E-state index contributed by atoms with van der Waals surface area (Å²) in [5, 5.41) is -0.133. The lowest BCUT2D eigenvalue weighted by Crippen LogP contribution is -2.40. The van der Waals surface area contributed by atoms with Gasteiger partial charge in [0.05, 0.1) is 27.6 Å². The molecular weight excluding hydrogens is 1280 g/mol. The lowest BCUT2D eigenvalue weighted by atomic mass is 9.97. The minimum atomic E-state index is -4.73. The molecule has 0 saturated carbocycles. The van der Waals surface area contributed by atoms with E-state index in [1.165, 1.54) is 76.4 Å². The first-order valence-electron chi connectivity index (χ1n) is 39.6. The predicted octanol–water partition coefficient (Wildman–Crippen LogP) is 15.1. The van der Waals surface area contributed by atoms with Gasteiger partial charge in [0.15, 0.2) is 10.3 Å². The average Bonchev–Trinajstić information content (AvgIpc) is 0.842. The van der Waals surface area contributed by atoms with Crippen molar-refractivity contribution in [2.45, 2.75) is 140 Å². The molecule has 12 nitrogen and oxygen atoms in total. The van der Waals surface area contributed by atoms with E-state index in [4.69, 9.17) is 16.4 Å². The van der Waals surface area contributed by atoms with E-state index in [9.17, 15) is 62.5 Å². The van der Waals surface area contributed by atoms with Crippen LogP contribution in [0.3, 0.4) is 0 Å². The molecule has 508 valence electrons. The van der Waals surface area contributed by atoms with E-state index < -0.39 is 140 Å². The number of aromatic nitrogens is 4. The van der Waals surface area contributed by atoms with Gasteiger partial charge in [-0.1, -0.05) is 136 Å². The van der Waals surface area contributed by atoms with Crippen molar-refractivity contribution < 1.29 is 69.4 Å². The largest absolute Gasteiger partial charge is 0.416 e. The molecule has 0 bridgehead atoms. The lowest BCUT2D eigenvalue weighted by molar-refractivity contribution is -0.138. The van der Waals surface area contributed by atoms with Crippen LogP contribution in [0.1, 0.15) is 132 Å². The monoisotopic (exact) mass is 1380 g/mol. The van der Waals surface area contributed by atoms with Crippen molar-refractivity contribution in [3.63, 3.8) is 0 Å². The van der Waals surface area contributed by atoms with Gasteiger partial charge in [-0.3, -0.25) is 19.2 Å². The standard InChI is InChI=1S/2C37H40F4N4O2S/c2*1-4-43(5-2)19-20-44(22-27-11-18-31(25(3)21-27)28-12-14-29(15-13-28)37(39,40)41)34(46)23-45-33-8-6-7-32(33)35(47)42-36(45)48-24-26-9-16-30(38)17-10-26/h2*9-18,21H,4-8,19-20,22-24H2,1-3H3/i4D2,5D2,11D,18D,19D2,20D2,21D,22D2;11D,18D,21D,23D2. The molecule has 0 unspecified atom stereocenters. The second-order valence-corrected chi connectivity index (χ2v) is 24.1. The first kappa shape index (κ1) is 51.3. The zero-order valence-electron chi connectivity index (χ0n) is 71.2. The predicted molar refractivity (Wildman–Crippen MR) is 363 cm³/mol. The summed E-state index contributed by atoms with van der Waals surface area (Å²) in [4.78, 5) is 66.8.